The van der Waals surface area contributed by atoms with E-state index in [2.05, 4.69) is 15.3 Å². The minimum atomic E-state index is -3.05. The Labute approximate surface area is 185 Å². The van der Waals surface area contributed by atoms with Gasteiger partial charge < -0.3 is 4.74 Å². The maximum atomic E-state index is 13.2. The van der Waals surface area contributed by atoms with Crippen molar-refractivity contribution in [2.75, 3.05) is 0 Å². The van der Waals surface area contributed by atoms with E-state index < -0.39 is 6.61 Å². The van der Waals surface area contributed by atoms with Gasteiger partial charge in [-0.25, -0.2) is 14.0 Å². The van der Waals surface area contributed by atoms with Crippen molar-refractivity contribution >= 4 is 0 Å². The third-order valence-corrected chi connectivity index (χ3v) is 4.87. The molecule has 0 atom stereocenters. The summed E-state index contributed by atoms with van der Waals surface area (Å²) in [5.74, 6) is -0.114. The molecule has 5 rings (SSSR count). The molecule has 2 aromatic carbocycles. The molecular weight excluding hydrogens is 430 g/mol. The molecule has 0 amide bonds. The first kappa shape index (κ1) is 20.3. The predicted molar refractivity (Wildman–Crippen MR) is 116 cm³/mol. The van der Waals surface area contributed by atoms with Crippen LogP contribution in [0.1, 0.15) is 0 Å². The van der Waals surface area contributed by atoms with E-state index in [1.165, 1.54) is 27.7 Å². The van der Waals surface area contributed by atoms with Crippen molar-refractivity contribution < 1.29 is 13.5 Å². The Morgan fingerprint density at radius 2 is 1.67 bits per heavy atom. The fourth-order valence-electron chi connectivity index (χ4n) is 3.42. The summed E-state index contributed by atoms with van der Waals surface area (Å²) in [5.41, 5.74) is 1.75. The Balaban J connectivity index is 1.62. The lowest BCUT2D eigenvalue weighted by atomic mass is 10.2. The number of hydrogen-bond acceptors (Lipinski definition) is 5. The van der Waals surface area contributed by atoms with Crippen LogP contribution in [0.15, 0.2) is 96.3 Å². The lowest BCUT2D eigenvalue weighted by Gasteiger charge is -2.15. The lowest BCUT2D eigenvalue weighted by Crippen LogP contribution is -2.16. The molecule has 8 nitrogen and oxygen atoms in total. The monoisotopic (exact) mass is 446 g/mol. The van der Waals surface area contributed by atoms with Crippen LogP contribution in [0, 0.1) is 0 Å². The van der Waals surface area contributed by atoms with Gasteiger partial charge >= 0.3 is 6.61 Å². The second-order valence-corrected chi connectivity index (χ2v) is 6.92. The van der Waals surface area contributed by atoms with E-state index in [4.69, 9.17) is 4.74 Å². The number of nitrogens with zero attached hydrogens (tertiary/aromatic N) is 6. The van der Waals surface area contributed by atoms with Gasteiger partial charge in [-0.2, -0.15) is 24.1 Å². The van der Waals surface area contributed by atoms with E-state index >= 15 is 0 Å². The van der Waals surface area contributed by atoms with Crippen LogP contribution >= 0.6 is 0 Å². The second-order valence-electron chi connectivity index (χ2n) is 6.92. The third-order valence-electron chi connectivity index (χ3n) is 4.87. The number of alkyl halides is 2. The molecular formula is C23H16F2N6O2. The maximum absolute atomic E-state index is 13.2. The molecule has 3 heterocycles. The maximum Gasteiger partial charge on any atom is 0.387 e. The molecule has 33 heavy (non-hydrogen) atoms. The van der Waals surface area contributed by atoms with E-state index in [-0.39, 0.29) is 22.6 Å². The van der Waals surface area contributed by atoms with Crippen molar-refractivity contribution in [3.8, 4) is 34.2 Å². The predicted octanol–water partition coefficient (Wildman–Crippen LogP) is 3.87. The molecule has 10 heteroatoms. The molecule has 0 saturated heterocycles. The highest BCUT2D eigenvalue weighted by Gasteiger charge is 2.17. The molecule has 5 aromatic rings. The number of hydrogen-bond donors (Lipinski definition) is 0. The first-order chi connectivity index (χ1) is 16.1. The van der Waals surface area contributed by atoms with Crippen LogP contribution < -0.4 is 10.2 Å². The Morgan fingerprint density at radius 1 is 0.818 bits per heavy atom. The van der Waals surface area contributed by atoms with Crippen molar-refractivity contribution in [3.63, 3.8) is 0 Å². The molecule has 0 saturated carbocycles. The number of halogens is 2. The van der Waals surface area contributed by atoms with E-state index in [0.717, 1.165) is 5.69 Å². The zero-order chi connectivity index (χ0) is 22.8. The van der Waals surface area contributed by atoms with Gasteiger partial charge in [0.15, 0.2) is 11.4 Å². The zero-order valence-corrected chi connectivity index (χ0v) is 17.0. The highest BCUT2D eigenvalue weighted by Crippen LogP contribution is 2.28. The average Bonchev–Trinajstić information content (AvgIpc) is 3.52. The summed E-state index contributed by atoms with van der Waals surface area (Å²) >= 11 is 0. The van der Waals surface area contributed by atoms with Gasteiger partial charge in [-0.05, 0) is 36.4 Å². The van der Waals surface area contributed by atoms with Gasteiger partial charge in [-0.15, -0.1) is 0 Å². The molecule has 3 aromatic heterocycles. The van der Waals surface area contributed by atoms with Crippen LogP contribution in [0.2, 0.25) is 0 Å². The standard InChI is InChI=1S/C23H16F2N6O2/c24-23(25)33-21-15-17(29-13-4-11-26-29)7-8-18(21)30-14-10-20(32)22(28-30)19-9-12-27-31(19)16-5-2-1-3-6-16/h1-15,23H. The quantitative estimate of drug-likeness (QED) is 0.396. The lowest BCUT2D eigenvalue weighted by molar-refractivity contribution is -0.0499. The molecule has 0 unspecified atom stereocenters. The zero-order valence-electron chi connectivity index (χ0n) is 17.0. The van der Waals surface area contributed by atoms with Gasteiger partial charge in [0.2, 0.25) is 5.43 Å². The fourth-order valence-corrected chi connectivity index (χ4v) is 3.42. The van der Waals surface area contributed by atoms with Crippen molar-refractivity contribution in [1.29, 1.82) is 0 Å². The first-order valence-electron chi connectivity index (χ1n) is 9.89. The van der Waals surface area contributed by atoms with Gasteiger partial charge in [-0.3, -0.25) is 4.79 Å². The van der Waals surface area contributed by atoms with E-state index in [0.29, 0.717) is 11.4 Å². The molecule has 0 aliphatic heterocycles. The van der Waals surface area contributed by atoms with Crippen molar-refractivity contribution in [2.24, 2.45) is 0 Å². The van der Waals surface area contributed by atoms with Crippen molar-refractivity contribution in [3.05, 3.63) is 102 Å². The largest absolute Gasteiger partial charge is 0.432 e. The number of rotatable bonds is 6. The van der Waals surface area contributed by atoms with Gasteiger partial charge in [0, 0.05) is 30.7 Å². The summed E-state index contributed by atoms with van der Waals surface area (Å²) in [4.78, 5) is 12.7. The topological polar surface area (TPSA) is 79.8 Å². The Hall–Kier alpha value is -4.60. The van der Waals surface area contributed by atoms with Crippen molar-refractivity contribution in [2.45, 2.75) is 6.61 Å². The van der Waals surface area contributed by atoms with E-state index in [9.17, 15) is 13.6 Å². The first-order valence-corrected chi connectivity index (χ1v) is 9.89. The Bertz CT molecular complexity index is 1450. The smallest absolute Gasteiger partial charge is 0.387 e. The molecule has 0 spiro atoms. The second kappa shape index (κ2) is 8.50. The van der Waals surface area contributed by atoms with Crippen LogP contribution in [0.25, 0.3) is 28.5 Å². The summed E-state index contributed by atoms with van der Waals surface area (Å²) in [6, 6.07) is 18.7. The highest BCUT2D eigenvalue weighted by atomic mass is 19.3. The normalized spacial score (nSPS) is 11.1. The summed E-state index contributed by atoms with van der Waals surface area (Å²) in [7, 11) is 0. The average molecular weight is 446 g/mol. The van der Waals surface area contributed by atoms with E-state index in [1.54, 1.807) is 47.5 Å². The number of ether oxygens (including phenoxy) is 1. The minimum absolute atomic E-state index is 0.109. The Kier molecular flexibility index (Phi) is 5.23. The highest BCUT2D eigenvalue weighted by molar-refractivity contribution is 5.58. The number of aromatic nitrogens is 6. The summed E-state index contributed by atoms with van der Waals surface area (Å²) in [5, 5.41) is 12.8. The van der Waals surface area contributed by atoms with Crippen LogP contribution in [-0.2, 0) is 0 Å². The molecule has 164 valence electrons. The summed E-state index contributed by atoms with van der Waals surface area (Å²) in [6.07, 6.45) is 6.22. The summed E-state index contributed by atoms with van der Waals surface area (Å²) in [6.45, 7) is -3.05. The van der Waals surface area contributed by atoms with Gasteiger partial charge in [0.1, 0.15) is 5.69 Å². The van der Waals surface area contributed by atoms with Crippen molar-refractivity contribution in [1.82, 2.24) is 29.3 Å². The molecule has 0 bridgehead atoms. The molecule has 0 fully saturated rings. The van der Waals surface area contributed by atoms with Crippen LogP contribution in [0.5, 0.6) is 5.75 Å². The SMILES string of the molecule is O=c1ccn(-c2ccc(-n3cccn3)cc2OC(F)F)nc1-c1ccnn1-c1ccccc1. The number of benzene rings is 2. The van der Waals surface area contributed by atoms with Gasteiger partial charge in [0.05, 0.1) is 23.3 Å². The van der Waals surface area contributed by atoms with Gasteiger partial charge in [-0.1, -0.05) is 18.2 Å². The van der Waals surface area contributed by atoms with Crippen LogP contribution in [0.4, 0.5) is 8.78 Å². The molecule has 0 radical (unpaired) electrons. The van der Waals surface area contributed by atoms with Gasteiger partial charge in [0.25, 0.3) is 0 Å². The molecule has 0 N–H and O–H groups in total. The van der Waals surface area contributed by atoms with Crippen LogP contribution in [0.3, 0.4) is 0 Å². The third kappa shape index (κ3) is 4.01. The van der Waals surface area contributed by atoms with E-state index in [1.807, 2.05) is 30.3 Å². The Morgan fingerprint density at radius 3 is 2.42 bits per heavy atom. The minimum Gasteiger partial charge on any atom is -0.432 e. The summed E-state index contributed by atoms with van der Waals surface area (Å²) < 4.78 is 35.5. The fraction of sp³-hybridized carbons (Fsp3) is 0.0435. The molecule has 0 aliphatic carbocycles. The number of para-hydroxylation sites is 1. The van der Waals surface area contributed by atoms with Crippen LogP contribution in [-0.4, -0.2) is 36.0 Å². The molecule has 0 aliphatic rings.